The summed E-state index contributed by atoms with van der Waals surface area (Å²) in [6.07, 6.45) is 1.75. The fourth-order valence-corrected chi connectivity index (χ4v) is 1.58. The topological polar surface area (TPSA) is 45.2 Å². The Morgan fingerprint density at radius 1 is 1.57 bits per heavy atom. The molecule has 1 N–H and O–H groups in total. The number of nitrogens with zero attached hydrogens (tertiary/aromatic N) is 2. The fourth-order valence-electron chi connectivity index (χ4n) is 0.865. The highest BCUT2D eigenvalue weighted by molar-refractivity contribution is 7.97. The SMILES string of the molecule is CNC(=O)N(C)Sc1ccc(C)nc1. The number of carbonyl (C=O) groups excluding carboxylic acids is 1. The van der Waals surface area contributed by atoms with Crippen LogP contribution in [0.2, 0.25) is 0 Å². The number of aryl methyl sites for hydroxylation is 1. The molecule has 0 aliphatic heterocycles. The zero-order valence-corrected chi connectivity index (χ0v) is 9.26. The second-order valence-electron chi connectivity index (χ2n) is 2.78. The summed E-state index contributed by atoms with van der Waals surface area (Å²) in [6.45, 7) is 1.93. The van der Waals surface area contributed by atoms with E-state index in [-0.39, 0.29) is 6.03 Å². The summed E-state index contributed by atoms with van der Waals surface area (Å²) in [5.41, 5.74) is 0.969. The van der Waals surface area contributed by atoms with Crippen molar-refractivity contribution in [2.45, 2.75) is 11.8 Å². The molecule has 0 bridgehead atoms. The lowest BCUT2D eigenvalue weighted by Crippen LogP contribution is -2.29. The monoisotopic (exact) mass is 211 g/mol. The lowest BCUT2D eigenvalue weighted by Gasteiger charge is -2.14. The number of aromatic nitrogens is 1. The molecule has 0 fully saturated rings. The van der Waals surface area contributed by atoms with Crippen molar-refractivity contribution in [2.24, 2.45) is 0 Å². The average Bonchev–Trinajstić information content (AvgIpc) is 2.20. The van der Waals surface area contributed by atoms with Crippen LogP contribution in [-0.4, -0.2) is 29.4 Å². The van der Waals surface area contributed by atoms with E-state index in [4.69, 9.17) is 0 Å². The van der Waals surface area contributed by atoms with Crippen molar-refractivity contribution in [2.75, 3.05) is 14.1 Å². The van der Waals surface area contributed by atoms with E-state index < -0.39 is 0 Å². The minimum atomic E-state index is -0.129. The van der Waals surface area contributed by atoms with E-state index in [9.17, 15) is 4.79 Å². The van der Waals surface area contributed by atoms with Crippen LogP contribution in [0.3, 0.4) is 0 Å². The minimum Gasteiger partial charge on any atom is -0.340 e. The molecule has 1 aromatic heterocycles. The van der Waals surface area contributed by atoms with Gasteiger partial charge in [0.15, 0.2) is 0 Å². The highest BCUT2D eigenvalue weighted by Gasteiger charge is 2.07. The minimum absolute atomic E-state index is 0.129. The summed E-state index contributed by atoms with van der Waals surface area (Å²) in [6, 6.07) is 3.72. The van der Waals surface area contributed by atoms with Gasteiger partial charge in [-0.15, -0.1) is 0 Å². The van der Waals surface area contributed by atoms with Crippen LogP contribution >= 0.6 is 11.9 Å². The van der Waals surface area contributed by atoms with Crippen LogP contribution in [0.1, 0.15) is 5.69 Å². The Hall–Kier alpha value is -1.23. The third kappa shape index (κ3) is 2.92. The van der Waals surface area contributed by atoms with Crippen molar-refractivity contribution in [3.8, 4) is 0 Å². The van der Waals surface area contributed by atoms with E-state index in [1.54, 1.807) is 20.3 Å². The predicted molar refractivity (Wildman–Crippen MR) is 57.0 cm³/mol. The lowest BCUT2D eigenvalue weighted by atomic mass is 10.4. The normalized spacial score (nSPS) is 9.64. The summed E-state index contributed by atoms with van der Waals surface area (Å²) >= 11 is 1.34. The Morgan fingerprint density at radius 3 is 2.79 bits per heavy atom. The molecule has 4 nitrogen and oxygen atoms in total. The number of hydrogen-bond donors (Lipinski definition) is 1. The van der Waals surface area contributed by atoms with E-state index in [1.807, 2.05) is 19.1 Å². The van der Waals surface area contributed by atoms with E-state index in [2.05, 4.69) is 10.3 Å². The summed E-state index contributed by atoms with van der Waals surface area (Å²) < 4.78 is 1.52. The molecular weight excluding hydrogens is 198 g/mol. The molecule has 1 rings (SSSR count). The van der Waals surface area contributed by atoms with Crippen LogP contribution in [0, 0.1) is 6.92 Å². The fraction of sp³-hybridized carbons (Fsp3) is 0.333. The molecule has 1 aromatic rings. The van der Waals surface area contributed by atoms with Gasteiger partial charge in [0.05, 0.1) is 0 Å². The van der Waals surface area contributed by atoms with Crippen molar-refractivity contribution in [1.82, 2.24) is 14.6 Å². The van der Waals surface area contributed by atoms with Gasteiger partial charge >= 0.3 is 6.03 Å². The van der Waals surface area contributed by atoms with Gasteiger partial charge in [-0.25, -0.2) is 4.79 Å². The van der Waals surface area contributed by atoms with E-state index in [0.717, 1.165) is 10.6 Å². The maximum absolute atomic E-state index is 11.2. The molecule has 0 aliphatic rings. The van der Waals surface area contributed by atoms with Crippen molar-refractivity contribution in [3.05, 3.63) is 24.0 Å². The molecule has 5 heteroatoms. The second kappa shape index (κ2) is 4.85. The third-order valence-electron chi connectivity index (χ3n) is 1.63. The van der Waals surface area contributed by atoms with Gasteiger partial charge in [0.2, 0.25) is 0 Å². The number of pyridine rings is 1. The Morgan fingerprint density at radius 2 is 2.29 bits per heavy atom. The molecule has 0 unspecified atom stereocenters. The number of nitrogens with one attached hydrogen (secondary N) is 1. The van der Waals surface area contributed by atoms with Gasteiger partial charge in [-0.3, -0.25) is 9.29 Å². The Bertz CT molecular complexity index is 312. The van der Waals surface area contributed by atoms with Crippen molar-refractivity contribution in [1.29, 1.82) is 0 Å². The maximum Gasteiger partial charge on any atom is 0.327 e. The van der Waals surface area contributed by atoms with Crippen LogP contribution in [0.15, 0.2) is 23.2 Å². The molecule has 0 aromatic carbocycles. The molecule has 76 valence electrons. The van der Waals surface area contributed by atoms with Gasteiger partial charge in [0, 0.05) is 30.9 Å². The standard InChI is InChI=1S/C9H13N3OS/c1-7-4-5-8(6-11-7)14-12(3)9(13)10-2/h4-6H,1-3H3,(H,10,13). The first-order chi connectivity index (χ1) is 6.63. The first-order valence-corrected chi connectivity index (χ1v) is 4.97. The Kier molecular flexibility index (Phi) is 3.76. The van der Waals surface area contributed by atoms with E-state index in [1.165, 1.54) is 16.3 Å². The Labute approximate surface area is 87.8 Å². The van der Waals surface area contributed by atoms with Gasteiger partial charge in [-0.05, 0) is 31.0 Å². The van der Waals surface area contributed by atoms with Crippen LogP contribution in [0.5, 0.6) is 0 Å². The molecule has 0 radical (unpaired) electrons. The Balaban J connectivity index is 2.60. The van der Waals surface area contributed by atoms with Crippen LogP contribution in [-0.2, 0) is 0 Å². The summed E-state index contributed by atoms with van der Waals surface area (Å²) in [5.74, 6) is 0. The first-order valence-electron chi connectivity index (χ1n) is 4.19. The molecule has 0 atom stereocenters. The quantitative estimate of drug-likeness (QED) is 0.757. The van der Waals surface area contributed by atoms with Crippen molar-refractivity contribution >= 4 is 18.0 Å². The number of carbonyl (C=O) groups is 1. The summed E-state index contributed by atoms with van der Waals surface area (Å²) in [7, 11) is 3.32. The lowest BCUT2D eigenvalue weighted by molar-refractivity contribution is 0.233. The molecule has 1 heterocycles. The largest absolute Gasteiger partial charge is 0.340 e. The van der Waals surface area contributed by atoms with E-state index in [0.29, 0.717) is 0 Å². The summed E-state index contributed by atoms with van der Waals surface area (Å²) in [5, 5.41) is 2.54. The van der Waals surface area contributed by atoms with Crippen molar-refractivity contribution < 1.29 is 4.79 Å². The van der Waals surface area contributed by atoms with Crippen LogP contribution in [0.25, 0.3) is 0 Å². The highest BCUT2D eigenvalue weighted by atomic mass is 32.2. The number of amides is 2. The second-order valence-corrected chi connectivity index (χ2v) is 3.98. The molecule has 0 aliphatic carbocycles. The molecular formula is C9H13N3OS. The number of rotatable bonds is 2. The van der Waals surface area contributed by atoms with Gasteiger partial charge in [-0.1, -0.05) is 0 Å². The van der Waals surface area contributed by atoms with Gasteiger partial charge in [-0.2, -0.15) is 0 Å². The molecule has 0 saturated heterocycles. The van der Waals surface area contributed by atoms with Gasteiger partial charge < -0.3 is 5.32 Å². The molecule has 0 saturated carbocycles. The zero-order chi connectivity index (χ0) is 10.6. The predicted octanol–water partition coefficient (Wildman–Crippen LogP) is 1.67. The smallest absolute Gasteiger partial charge is 0.327 e. The van der Waals surface area contributed by atoms with Crippen LogP contribution < -0.4 is 5.32 Å². The number of hydrogen-bond acceptors (Lipinski definition) is 3. The van der Waals surface area contributed by atoms with Crippen LogP contribution in [0.4, 0.5) is 4.79 Å². The third-order valence-corrected chi connectivity index (χ3v) is 2.52. The maximum atomic E-state index is 11.2. The van der Waals surface area contributed by atoms with Gasteiger partial charge in [0.25, 0.3) is 0 Å². The molecule has 0 spiro atoms. The molecule has 14 heavy (non-hydrogen) atoms. The zero-order valence-electron chi connectivity index (χ0n) is 8.44. The van der Waals surface area contributed by atoms with Gasteiger partial charge in [0.1, 0.15) is 0 Å². The first kappa shape index (κ1) is 10.8. The molecule has 2 amide bonds. The van der Waals surface area contributed by atoms with E-state index >= 15 is 0 Å². The summed E-state index contributed by atoms with van der Waals surface area (Å²) in [4.78, 5) is 16.2. The van der Waals surface area contributed by atoms with Crippen molar-refractivity contribution in [3.63, 3.8) is 0 Å². The number of urea groups is 1. The average molecular weight is 211 g/mol. The highest BCUT2D eigenvalue weighted by Crippen LogP contribution is 2.19.